The molecule has 0 amide bonds. The number of aromatic nitrogens is 1. The maximum atomic E-state index is 13.1. The van der Waals surface area contributed by atoms with Crippen LogP contribution in [0.3, 0.4) is 0 Å². The molecule has 2 heterocycles. The zero-order valence-electron chi connectivity index (χ0n) is 17.9. The fraction of sp³-hybridized carbons (Fsp3) is 0.300. The van der Waals surface area contributed by atoms with Gasteiger partial charge in [0, 0.05) is 37.9 Å². The van der Waals surface area contributed by atoms with E-state index < -0.39 is 39.7 Å². The van der Waals surface area contributed by atoms with Crippen LogP contribution in [0, 0.1) is 10.1 Å². The standard InChI is InChI=1S/C20H15F6N5O4S/c21-19(22,23)11-9-14-16(15(10-11)31(33)34)36-18(27-17(14)32)29-5-7-30(8-6-29)28-12-1-3-13(4-2-12)35-20(24,25)26/h1-4,9-10,28H,5-8H2. The number of nitro groups is 1. The summed E-state index contributed by atoms with van der Waals surface area (Å²) in [6.45, 7) is 1.36. The van der Waals surface area contributed by atoms with Crippen LogP contribution in [0.4, 0.5) is 42.8 Å². The molecule has 0 aliphatic carbocycles. The maximum Gasteiger partial charge on any atom is 0.573 e. The minimum Gasteiger partial charge on any atom is -0.406 e. The number of nitro benzene ring substituents is 1. The van der Waals surface area contributed by atoms with E-state index in [1.807, 2.05) is 0 Å². The molecule has 0 unspecified atom stereocenters. The van der Waals surface area contributed by atoms with Crippen LogP contribution in [0.2, 0.25) is 0 Å². The van der Waals surface area contributed by atoms with E-state index in [4.69, 9.17) is 0 Å². The molecule has 1 aromatic heterocycles. The molecule has 0 atom stereocenters. The molecule has 1 N–H and O–H groups in total. The number of ether oxygens (including phenoxy) is 1. The largest absolute Gasteiger partial charge is 0.573 e. The number of anilines is 2. The summed E-state index contributed by atoms with van der Waals surface area (Å²) in [5, 5.41) is 12.8. The lowest BCUT2D eigenvalue weighted by molar-refractivity contribution is -0.383. The number of non-ortho nitro benzene ring substituents is 1. The second-order valence-corrected chi connectivity index (χ2v) is 8.56. The third-order valence-electron chi connectivity index (χ3n) is 5.14. The SMILES string of the molecule is O=c1nc(N2CCN(Nc3ccc(OC(F)(F)F)cc3)CC2)sc2c([N+](=O)[O-])cc(C(F)(F)F)cc12. The molecule has 9 nitrogen and oxygen atoms in total. The highest BCUT2D eigenvalue weighted by molar-refractivity contribution is 7.22. The molecule has 36 heavy (non-hydrogen) atoms. The normalized spacial score (nSPS) is 15.2. The molecule has 0 spiro atoms. The number of nitrogens with one attached hydrogen (secondary N) is 1. The highest BCUT2D eigenvalue weighted by Gasteiger charge is 2.34. The number of piperazine rings is 1. The van der Waals surface area contributed by atoms with Gasteiger partial charge in [0.2, 0.25) is 0 Å². The number of halogens is 6. The van der Waals surface area contributed by atoms with Crippen molar-refractivity contribution in [2.75, 3.05) is 36.5 Å². The van der Waals surface area contributed by atoms with Gasteiger partial charge in [0.1, 0.15) is 10.4 Å². The second-order valence-electron chi connectivity index (χ2n) is 7.59. The molecule has 2 aromatic carbocycles. The Labute approximate surface area is 201 Å². The summed E-state index contributed by atoms with van der Waals surface area (Å²) < 4.78 is 79.8. The van der Waals surface area contributed by atoms with Crippen LogP contribution in [0.5, 0.6) is 5.75 Å². The zero-order chi connectivity index (χ0) is 26.3. The van der Waals surface area contributed by atoms with Gasteiger partial charge >= 0.3 is 12.5 Å². The van der Waals surface area contributed by atoms with E-state index in [-0.39, 0.29) is 15.6 Å². The van der Waals surface area contributed by atoms with Crippen molar-refractivity contribution in [3.05, 3.63) is 62.4 Å². The number of fused-ring (bicyclic) bond motifs is 1. The Kier molecular flexibility index (Phi) is 6.66. The number of nitrogens with zero attached hydrogens (tertiary/aromatic N) is 4. The van der Waals surface area contributed by atoms with E-state index in [0.29, 0.717) is 44.0 Å². The second kappa shape index (κ2) is 9.42. The molecule has 0 saturated carbocycles. The summed E-state index contributed by atoms with van der Waals surface area (Å²) in [5.41, 5.74) is 0.384. The van der Waals surface area contributed by atoms with Crippen LogP contribution < -0.4 is 20.6 Å². The molecule has 0 bridgehead atoms. The first-order valence-corrected chi connectivity index (χ1v) is 10.9. The molecular formula is C20H15F6N5O4S. The first-order valence-electron chi connectivity index (χ1n) is 10.1. The van der Waals surface area contributed by atoms with E-state index in [1.54, 1.807) is 9.91 Å². The zero-order valence-corrected chi connectivity index (χ0v) is 18.7. The molecule has 16 heteroatoms. The smallest absolute Gasteiger partial charge is 0.406 e. The van der Waals surface area contributed by atoms with Crippen molar-refractivity contribution < 1.29 is 36.0 Å². The summed E-state index contributed by atoms with van der Waals surface area (Å²) in [6, 6.07) is 6.07. The minimum atomic E-state index is -4.87. The molecule has 192 valence electrons. The Morgan fingerprint density at radius 2 is 1.67 bits per heavy atom. The fourth-order valence-corrected chi connectivity index (χ4v) is 4.62. The lowest BCUT2D eigenvalue weighted by atomic mass is 10.1. The van der Waals surface area contributed by atoms with Crippen LogP contribution in [0.25, 0.3) is 10.1 Å². The van der Waals surface area contributed by atoms with Gasteiger partial charge in [-0.1, -0.05) is 11.3 Å². The first kappa shape index (κ1) is 25.4. The van der Waals surface area contributed by atoms with Crippen LogP contribution in [-0.2, 0) is 6.18 Å². The third kappa shape index (κ3) is 5.76. The summed E-state index contributed by atoms with van der Waals surface area (Å²) in [5.74, 6) is -0.369. The molecule has 1 aliphatic rings. The van der Waals surface area contributed by atoms with Gasteiger partial charge in [-0.05, 0) is 30.3 Å². The van der Waals surface area contributed by atoms with Crippen LogP contribution in [0.1, 0.15) is 5.56 Å². The molecule has 1 fully saturated rings. The van der Waals surface area contributed by atoms with Gasteiger partial charge in [-0.25, -0.2) is 5.01 Å². The highest BCUT2D eigenvalue weighted by atomic mass is 32.1. The summed E-state index contributed by atoms with van der Waals surface area (Å²) in [6.07, 6.45) is -9.67. The summed E-state index contributed by atoms with van der Waals surface area (Å²) in [4.78, 5) is 28.5. The predicted molar refractivity (Wildman–Crippen MR) is 118 cm³/mol. The molecule has 0 radical (unpaired) electrons. The van der Waals surface area contributed by atoms with Crippen molar-refractivity contribution in [1.82, 2.24) is 9.99 Å². The summed E-state index contributed by atoms with van der Waals surface area (Å²) >= 11 is 0.754. The Hall–Kier alpha value is -3.66. The average Bonchev–Trinajstić information content (AvgIpc) is 2.78. The van der Waals surface area contributed by atoms with Crippen molar-refractivity contribution in [2.24, 2.45) is 0 Å². The highest BCUT2D eigenvalue weighted by Crippen LogP contribution is 2.38. The Morgan fingerprint density at radius 3 is 2.22 bits per heavy atom. The molecule has 3 aromatic rings. The van der Waals surface area contributed by atoms with Gasteiger partial charge in [0.05, 0.1) is 15.9 Å². The van der Waals surface area contributed by atoms with Crippen molar-refractivity contribution >= 4 is 37.9 Å². The molecule has 1 saturated heterocycles. The van der Waals surface area contributed by atoms with Crippen LogP contribution in [0.15, 0.2) is 41.2 Å². The van der Waals surface area contributed by atoms with Gasteiger partial charge in [0.15, 0.2) is 5.13 Å². The van der Waals surface area contributed by atoms with Gasteiger partial charge in [-0.3, -0.25) is 14.9 Å². The van der Waals surface area contributed by atoms with Gasteiger partial charge in [-0.2, -0.15) is 18.2 Å². The first-order chi connectivity index (χ1) is 16.8. The van der Waals surface area contributed by atoms with Crippen molar-refractivity contribution in [1.29, 1.82) is 0 Å². The summed E-state index contributed by atoms with van der Waals surface area (Å²) in [7, 11) is 0. The number of rotatable bonds is 5. The third-order valence-corrected chi connectivity index (χ3v) is 6.30. The Balaban J connectivity index is 1.49. The topological polar surface area (TPSA) is 101 Å². The number of alkyl halides is 6. The fourth-order valence-electron chi connectivity index (χ4n) is 3.50. The lowest BCUT2D eigenvalue weighted by Gasteiger charge is -2.35. The van der Waals surface area contributed by atoms with Crippen LogP contribution >= 0.6 is 11.3 Å². The van der Waals surface area contributed by atoms with Gasteiger partial charge < -0.3 is 15.1 Å². The monoisotopic (exact) mass is 535 g/mol. The maximum absolute atomic E-state index is 13.1. The van der Waals surface area contributed by atoms with Crippen molar-refractivity contribution in [2.45, 2.75) is 12.5 Å². The minimum absolute atomic E-state index is 0.128. The van der Waals surface area contributed by atoms with E-state index in [2.05, 4.69) is 15.1 Å². The van der Waals surface area contributed by atoms with E-state index in [1.165, 1.54) is 12.1 Å². The Bertz CT molecular complexity index is 1340. The Morgan fingerprint density at radius 1 is 1.03 bits per heavy atom. The van der Waals surface area contributed by atoms with E-state index in [9.17, 15) is 41.3 Å². The number of hydrazine groups is 1. The van der Waals surface area contributed by atoms with Gasteiger partial charge in [-0.15, -0.1) is 13.2 Å². The predicted octanol–water partition coefficient (Wildman–Crippen LogP) is 4.63. The van der Waals surface area contributed by atoms with E-state index in [0.717, 1.165) is 23.5 Å². The van der Waals surface area contributed by atoms with Crippen molar-refractivity contribution in [3.8, 4) is 5.75 Å². The number of benzene rings is 2. The van der Waals surface area contributed by atoms with Crippen molar-refractivity contribution in [3.63, 3.8) is 0 Å². The van der Waals surface area contributed by atoms with E-state index >= 15 is 0 Å². The average molecular weight is 535 g/mol. The lowest BCUT2D eigenvalue weighted by Crippen LogP contribution is -2.49. The van der Waals surface area contributed by atoms with Crippen LogP contribution in [-0.4, -0.2) is 47.5 Å². The number of hydrogen-bond acceptors (Lipinski definition) is 9. The van der Waals surface area contributed by atoms with Gasteiger partial charge in [0.25, 0.3) is 11.2 Å². The molecule has 1 aliphatic heterocycles. The molecule has 4 rings (SSSR count). The number of hydrogen-bond donors (Lipinski definition) is 1. The molecular weight excluding hydrogens is 520 g/mol. The quantitative estimate of drug-likeness (QED) is 0.287.